The van der Waals surface area contributed by atoms with E-state index in [4.69, 9.17) is 12.2 Å². The highest BCUT2D eigenvalue weighted by atomic mass is 32.1. The fourth-order valence-corrected chi connectivity index (χ4v) is 1.97. The van der Waals surface area contributed by atoms with Crippen molar-refractivity contribution in [2.24, 2.45) is 0 Å². The summed E-state index contributed by atoms with van der Waals surface area (Å²) in [7, 11) is 0. The summed E-state index contributed by atoms with van der Waals surface area (Å²) < 4.78 is 2.10. The van der Waals surface area contributed by atoms with Crippen LogP contribution in [-0.4, -0.2) is 27.2 Å². The highest BCUT2D eigenvalue weighted by molar-refractivity contribution is 7.71. The van der Waals surface area contributed by atoms with Crippen LogP contribution in [0, 0.1) is 11.7 Å². The molecule has 0 aliphatic carbocycles. The number of H-pyrrole nitrogens is 1. The summed E-state index contributed by atoms with van der Waals surface area (Å²) in [4.78, 5) is 11.8. The van der Waals surface area contributed by atoms with Gasteiger partial charge in [-0.3, -0.25) is 14.5 Å². The summed E-state index contributed by atoms with van der Waals surface area (Å²) in [6.07, 6.45) is 1.63. The van der Waals surface area contributed by atoms with Gasteiger partial charge >= 0.3 is 0 Å². The first kappa shape index (κ1) is 14.2. The van der Waals surface area contributed by atoms with Gasteiger partial charge < -0.3 is 5.32 Å². The summed E-state index contributed by atoms with van der Waals surface area (Å²) in [5.41, 5.74) is 2.08. The number of rotatable bonds is 5. The highest BCUT2D eigenvalue weighted by Crippen LogP contribution is 2.17. The molecule has 2 N–H and O–H groups in total. The Morgan fingerprint density at radius 3 is 2.85 bits per heavy atom. The molecule has 1 heterocycles. The van der Waals surface area contributed by atoms with Crippen molar-refractivity contribution in [2.75, 3.05) is 6.54 Å². The van der Waals surface area contributed by atoms with Gasteiger partial charge in [-0.15, -0.1) is 6.58 Å². The topological polar surface area (TPSA) is 62.7 Å². The minimum absolute atomic E-state index is 0.129. The quantitative estimate of drug-likeness (QED) is 0.655. The van der Waals surface area contributed by atoms with E-state index < -0.39 is 0 Å². The summed E-state index contributed by atoms with van der Waals surface area (Å²) in [5.74, 6) is 0.527. The average molecular weight is 288 g/mol. The maximum absolute atomic E-state index is 11.8. The molecule has 0 saturated heterocycles. The van der Waals surface area contributed by atoms with Crippen molar-refractivity contribution in [3.63, 3.8) is 0 Å². The van der Waals surface area contributed by atoms with Gasteiger partial charge in [0.25, 0.3) is 0 Å². The molecule has 0 spiro atoms. The minimum Gasteiger partial charge on any atom is -0.351 e. The Morgan fingerprint density at radius 1 is 1.50 bits per heavy atom. The molecule has 0 saturated carbocycles. The van der Waals surface area contributed by atoms with E-state index in [-0.39, 0.29) is 12.5 Å². The Kier molecular flexibility index (Phi) is 4.47. The maximum Gasteiger partial charge on any atom is 0.240 e. The van der Waals surface area contributed by atoms with Crippen LogP contribution >= 0.6 is 12.2 Å². The molecular formula is C14H16N4OS. The minimum atomic E-state index is -0.129. The second-order valence-corrected chi connectivity index (χ2v) is 4.78. The third-order valence-corrected chi connectivity index (χ3v) is 3.12. The van der Waals surface area contributed by atoms with Crippen molar-refractivity contribution in [3.05, 3.63) is 47.3 Å². The second kappa shape index (κ2) is 6.29. The first-order valence-corrected chi connectivity index (χ1v) is 6.62. The van der Waals surface area contributed by atoms with E-state index in [0.717, 1.165) is 11.1 Å². The predicted molar refractivity (Wildman–Crippen MR) is 80.8 cm³/mol. The number of aromatic amines is 1. The number of benzene rings is 1. The SMILES string of the molecule is C=CCNC(=O)Cn1c(-c2ccc(C)cc2)n[nH]c1=S. The van der Waals surface area contributed by atoms with E-state index in [1.807, 2.05) is 31.2 Å². The molecule has 2 aromatic rings. The summed E-state index contributed by atoms with van der Waals surface area (Å²) >= 11 is 5.17. The third kappa shape index (κ3) is 3.21. The number of carbonyl (C=O) groups is 1. The van der Waals surface area contributed by atoms with Gasteiger partial charge in [0.15, 0.2) is 10.6 Å². The number of aryl methyl sites for hydroxylation is 1. The Morgan fingerprint density at radius 2 is 2.20 bits per heavy atom. The van der Waals surface area contributed by atoms with E-state index in [1.54, 1.807) is 10.6 Å². The maximum atomic E-state index is 11.8. The molecule has 104 valence electrons. The molecule has 1 aromatic heterocycles. The normalized spacial score (nSPS) is 10.2. The molecule has 0 bridgehead atoms. The van der Waals surface area contributed by atoms with E-state index in [1.165, 1.54) is 0 Å². The zero-order chi connectivity index (χ0) is 14.5. The molecule has 5 nitrogen and oxygen atoms in total. The van der Waals surface area contributed by atoms with Crippen LogP contribution in [0.4, 0.5) is 0 Å². The zero-order valence-electron chi connectivity index (χ0n) is 11.2. The Labute approximate surface area is 122 Å². The lowest BCUT2D eigenvalue weighted by molar-refractivity contribution is -0.121. The van der Waals surface area contributed by atoms with Crippen molar-refractivity contribution in [1.29, 1.82) is 0 Å². The van der Waals surface area contributed by atoms with Crippen LogP contribution in [0.3, 0.4) is 0 Å². The summed E-state index contributed by atoms with van der Waals surface area (Å²) in [6.45, 7) is 6.14. The molecule has 0 radical (unpaired) electrons. The van der Waals surface area contributed by atoms with E-state index in [2.05, 4.69) is 22.1 Å². The van der Waals surface area contributed by atoms with Gasteiger partial charge in [0.05, 0.1) is 0 Å². The van der Waals surface area contributed by atoms with Gasteiger partial charge in [0.1, 0.15) is 6.54 Å². The van der Waals surface area contributed by atoms with Gasteiger partial charge in [0.2, 0.25) is 5.91 Å². The van der Waals surface area contributed by atoms with Crippen molar-refractivity contribution in [3.8, 4) is 11.4 Å². The number of amides is 1. The number of nitrogens with zero attached hydrogens (tertiary/aromatic N) is 2. The fraction of sp³-hybridized carbons (Fsp3) is 0.214. The smallest absolute Gasteiger partial charge is 0.240 e. The lowest BCUT2D eigenvalue weighted by Gasteiger charge is -2.07. The van der Waals surface area contributed by atoms with Gasteiger partial charge in [-0.25, -0.2) is 0 Å². The van der Waals surface area contributed by atoms with Crippen molar-refractivity contribution in [2.45, 2.75) is 13.5 Å². The summed E-state index contributed by atoms with van der Waals surface area (Å²) in [6, 6.07) is 7.90. The molecule has 0 aliphatic rings. The van der Waals surface area contributed by atoms with E-state index >= 15 is 0 Å². The number of hydrogen-bond donors (Lipinski definition) is 2. The van der Waals surface area contributed by atoms with E-state index in [9.17, 15) is 4.79 Å². The average Bonchev–Trinajstić information content (AvgIpc) is 2.79. The Balaban J connectivity index is 2.27. The molecule has 0 unspecified atom stereocenters. The first-order chi connectivity index (χ1) is 9.61. The lowest BCUT2D eigenvalue weighted by Crippen LogP contribution is -2.27. The Hall–Kier alpha value is -2.21. The van der Waals surface area contributed by atoms with Crippen molar-refractivity contribution in [1.82, 2.24) is 20.1 Å². The largest absolute Gasteiger partial charge is 0.351 e. The molecular weight excluding hydrogens is 272 g/mol. The number of nitrogens with one attached hydrogen (secondary N) is 2. The number of hydrogen-bond acceptors (Lipinski definition) is 3. The molecule has 20 heavy (non-hydrogen) atoms. The van der Waals surface area contributed by atoms with Crippen molar-refractivity contribution < 1.29 is 4.79 Å². The molecule has 2 rings (SSSR count). The third-order valence-electron chi connectivity index (χ3n) is 2.81. The van der Waals surface area contributed by atoms with Crippen LogP contribution in [0.25, 0.3) is 11.4 Å². The predicted octanol–water partition coefficient (Wildman–Crippen LogP) is 2.22. The van der Waals surface area contributed by atoms with Crippen LogP contribution in [0.15, 0.2) is 36.9 Å². The molecule has 1 aromatic carbocycles. The van der Waals surface area contributed by atoms with Crippen LogP contribution in [0.5, 0.6) is 0 Å². The molecule has 0 fully saturated rings. The van der Waals surface area contributed by atoms with Crippen LogP contribution in [-0.2, 0) is 11.3 Å². The number of carbonyl (C=O) groups excluding carboxylic acids is 1. The summed E-state index contributed by atoms with van der Waals surface area (Å²) in [5, 5.41) is 9.64. The first-order valence-electron chi connectivity index (χ1n) is 6.21. The highest BCUT2D eigenvalue weighted by Gasteiger charge is 2.11. The monoisotopic (exact) mass is 288 g/mol. The van der Waals surface area contributed by atoms with Crippen molar-refractivity contribution >= 4 is 18.1 Å². The molecule has 6 heteroatoms. The van der Waals surface area contributed by atoms with E-state index in [0.29, 0.717) is 17.1 Å². The number of aromatic nitrogens is 3. The second-order valence-electron chi connectivity index (χ2n) is 4.40. The van der Waals surface area contributed by atoms with Crippen LogP contribution < -0.4 is 5.32 Å². The fourth-order valence-electron chi connectivity index (χ4n) is 1.77. The zero-order valence-corrected chi connectivity index (χ0v) is 12.0. The van der Waals surface area contributed by atoms with Crippen LogP contribution in [0.2, 0.25) is 0 Å². The lowest BCUT2D eigenvalue weighted by atomic mass is 10.1. The van der Waals surface area contributed by atoms with Gasteiger partial charge in [-0.05, 0) is 19.1 Å². The Bertz CT molecular complexity index is 669. The van der Waals surface area contributed by atoms with Crippen LogP contribution in [0.1, 0.15) is 5.56 Å². The molecule has 1 amide bonds. The van der Waals surface area contributed by atoms with Gasteiger partial charge in [0, 0.05) is 12.1 Å². The molecule has 0 aliphatic heterocycles. The molecule has 0 atom stereocenters. The van der Waals surface area contributed by atoms with Gasteiger partial charge in [-0.1, -0.05) is 35.9 Å². The standard InChI is InChI=1S/C14H16N4OS/c1-3-8-15-12(19)9-18-13(16-17-14(18)20)11-6-4-10(2)5-7-11/h3-7H,1,8-9H2,2H3,(H,15,19)(H,17,20). The van der Waals surface area contributed by atoms with Gasteiger partial charge in [-0.2, -0.15) is 5.10 Å².